The second-order valence-electron chi connectivity index (χ2n) is 5.09. The summed E-state index contributed by atoms with van der Waals surface area (Å²) in [4.78, 5) is 24.8. The summed E-state index contributed by atoms with van der Waals surface area (Å²) < 4.78 is 10.2. The molecule has 26 heavy (non-hydrogen) atoms. The molecule has 2 aromatic heterocycles. The van der Waals surface area contributed by atoms with Crippen molar-refractivity contribution in [3.63, 3.8) is 0 Å². The molecular formula is C16H20N4O4S2. The summed E-state index contributed by atoms with van der Waals surface area (Å²) in [7, 11) is 0. The molecule has 8 nitrogen and oxygen atoms in total. The Labute approximate surface area is 160 Å². The Kier molecular flexibility index (Phi) is 7.10. The van der Waals surface area contributed by atoms with E-state index in [1.807, 2.05) is 6.07 Å². The Morgan fingerprint density at radius 1 is 1.27 bits per heavy atom. The van der Waals surface area contributed by atoms with E-state index in [2.05, 4.69) is 20.8 Å². The summed E-state index contributed by atoms with van der Waals surface area (Å²) in [5.41, 5.74) is 1.64. The normalized spacial score (nSPS) is 10.3. The summed E-state index contributed by atoms with van der Waals surface area (Å²) in [6, 6.07) is 1.81. The average Bonchev–Trinajstić information content (AvgIpc) is 3.21. The zero-order valence-electron chi connectivity index (χ0n) is 14.7. The Hall–Kier alpha value is -2.46. The molecular weight excluding hydrogens is 376 g/mol. The van der Waals surface area contributed by atoms with Crippen molar-refractivity contribution >= 4 is 45.6 Å². The highest BCUT2D eigenvalue weighted by molar-refractivity contribution is 7.80. The molecule has 140 valence electrons. The average molecular weight is 396 g/mol. The maximum Gasteiger partial charge on any atom is 0.348 e. The third-order valence-electron chi connectivity index (χ3n) is 3.31. The van der Waals surface area contributed by atoms with Crippen LogP contribution in [0.15, 0.2) is 12.3 Å². The van der Waals surface area contributed by atoms with E-state index in [4.69, 9.17) is 21.7 Å². The van der Waals surface area contributed by atoms with Crippen LogP contribution in [-0.4, -0.2) is 40.5 Å². The van der Waals surface area contributed by atoms with Gasteiger partial charge in [-0.1, -0.05) is 0 Å². The van der Waals surface area contributed by atoms with E-state index in [1.54, 1.807) is 27.0 Å². The van der Waals surface area contributed by atoms with E-state index in [0.29, 0.717) is 27.1 Å². The van der Waals surface area contributed by atoms with Crippen LogP contribution in [0.2, 0.25) is 0 Å². The zero-order valence-corrected chi connectivity index (χ0v) is 16.3. The molecule has 0 aliphatic carbocycles. The largest absolute Gasteiger partial charge is 0.462 e. The van der Waals surface area contributed by atoms with Crippen molar-refractivity contribution in [1.29, 1.82) is 0 Å². The molecule has 0 fully saturated rings. The molecule has 10 heteroatoms. The van der Waals surface area contributed by atoms with Crippen LogP contribution < -0.4 is 10.6 Å². The van der Waals surface area contributed by atoms with E-state index in [1.165, 1.54) is 0 Å². The minimum atomic E-state index is -0.518. The molecule has 0 bridgehead atoms. The summed E-state index contributed by atoms with van der Waals surface area (Å²) in [6.07, 6.45) is 1.64. The second kappa shape index (κ2) is 9.30. The molecule has 0 spiro atoms. The maximum atomic E-state index is 12.3. The number of thiophene rings is 1. The Balaban J connectivity index is 2.21. The van der Waals surface area contributed by atoms with Crippen LogP contribution in [0, 0.1) is 6.92 Å². The van der Waals surface area contributed by atoms with Gasteiger partial charge in [-0.15, -0.1) is 11.3 Å². The first-order chi connectivity index (χ1) is 12.5. The fourth-order valence-corrected chi connectivity index (χ4v) is 3.48. The van der Waals surface area contributed by atoms with Gasteiger partial charge < -0.3 is 20.1 Å². The quantitative estimate of drug-likeness (QED) is 0.484. The first kappa shape index (κ1) is 19.9. The number of thiocarbonyl (C=S) groups is 1. The molecule has 2 aromatic rings. The summed E-state index contributed by atoms with van der Waals surface area (Å²) in [6.45, 7) is 6.04. The smallest absolute Gasteiger partial charge is 0.348 e. The topological polar surface area (TPSA) is 105 Å². The van der Waals surface area contributed by atoms with Gasteiger partial charge in [0.1, 0.15) is 9.88 Å². The van der Waals surface area contributed by atoms with Crippen molar-refractivity contribution < 1.29 is 19.1 Å². The standard InChI is InChI=1S/C16H20N4O4S2/c1-4-23-14(21)11-9(3)12(15(22)24-5-2)26-13(11)19-16(25)17-8-10-6-7-18-20-10/h6-7H,4-5,8H2,1-3H3,(H,18,20)(H2,17,19,25). The molecule has 0 amide bonds. The van der Waals surface area contributed by atoms with E-state index >= 15 is 0 Å². The van der Waals surface area contributed by atoms with Gasteiger partial charge >= 0.3 is 11.9 Å². The first-order valence-corrected chi connectivity index (χ1v) is 9.21. The highest BCUT2D eigenvalue weighted by atomic mass is 32.1. The van der Waals surface area contributed by atoms with Crippen molar-refractivity contribution in [2.24, 2.45) is 0 Å². The number of nitrogens with one attached hydrogen (secondary N) is 3. The Bertz CT molecular complexity index is 787. The Morgan fingerprint density at radius 2 is 1.96 bits per heavy atom. The number of carbonyl (C=O) groups is 2. The van der Waals surface area contributed by atoms with Gasteiger partial charge in [-0.3, -0.25) is 5.10 Å². The number of aromatic nitrogens is 2. The SMILES string of the molecule is CCOC(=O)c1sc(NC(=S)NCc2ccn[nH]2)c(C(=O)OCC)c1C. The number of nitrogens with zero attached hydrogens (tertiary/aromatic N) is 1. The number of hydrogen-bond acceptors (Lipinski definition) is 7. The van der Waals surface area contributed by atoms with Gasteiger partial charge in [0.2, 0.25) is 0 Å². The zero-order chi connectivity index (χ0) is 19.1. The van der Waals surface area contributed by atoms with Gasteiger partial charge in [0.05, 0.1) is 31.0 Å². The minimum absolute atomic E-state index is 0.227. The number of anilines is 1. The van der Waals surface area contributed by atoms with E-state index < -0.39 is 11.9 Å². The molecule has 2 heterocycles. The molecule has 3 N–H and O–H groups in total. The lowest BCUT2D eigenvalue weighted by Crippen LogP contribution is -2.28. The third kappa shape index (κ3) is 4.79. The first-order valence-electron chi connectivity index (χ1n) is 7.98. The number of hydrogen-bond donors (Lipinski definition) is 3. The van der Waals surface area contributed by atoms with Crippen molar-refractivity contribution in [2.45, 2.75) is 27.3 Å². The van der Waals surface area contributed by atoms with Crippen LogP contribution in [0.25, 0.3) is 0 Å². The van der Waals surface area contributed by atoms with Crippen LogP contribution in [0.3, 0.4) is 0 Å². The predicted octanol–water partition coefficient (Wildman–Crippen LogP) is 2.62. The fourth-order valence-electron chi connectivity index (χ4n) is 2.15. The molecule has 0 atom stereocenters. The number of esters is 2. The van der Waals surface area contributed by atoms with Crippen LogP contribution in [-0.2, 0) is 16.0 Å². The highest BCUT2D eigenvalue weighted by Crippen LogP contribution is 2.34. The van der Waals surface area contributed by atoms with Gasteiger partial charge in [-0.05, 0) is 44.6 Å². The highest BCUT2D eigenvalue weighted by Gasteiger charge is 2.26. The van der Waals surface area contributed by atoms with Crippen molar-refractivity contribution in [3.8, 4) is 0 Å². The molecule has 0 saturated heterocycles. The lowest BCUT2D eigenvalue weighted by atomic mass is 10.1. The summed E-state index contributed by atoms with van der Waals surface area (Å²) in [5, 5.41) is 13.4. The maximum absolute atomic E-state index is 12.3. The van der Waals surface area contributed by atoms with Crippen LogP contribution >= 0.6 is 23.6 Å². The molecule has 0 aliphatic rings. The minimum Gasteiger partial charge on any atom is -0.462 e. The molecule has 0 aliphatic heterocycles. The molecule has 2 rings (SSSR count). The monoisotopic (exact) mass is 396 g/mol. The fraction of sp³-hybridized carbons (Fsp3) is 0.375. The number of H-pyrrole nitrogens is 1. The molecule has 0 saturated carbocycles. The number of aromatic amines is 1. The lowest BCUT2D eigenvalue weighted by Gasteiger charge is -2.10. The van der Waals surface area contributed by atoms with Crippen molar-refractivity contribution in [1.82, 2.24) is 15.5 Å². The molecule has 0 aromatic carbocycles. The van der Waals surface area contributed by atoms with E-state index in [0.717, 1.165) is 17.0 Å². The lowest BCUT2D eigenvalue weighted by molar-refractivity contribution is 0.0527. The molecule has 0 unspecified atom stereocenters. The van der Waals surface area contributed by atoms with Gasteiger partial charge in [0.25, 0.3) is 0 Å². The van der Waals surface area contributed by atoms with E-state index in [-0.39, 0.29) is 18.8 Å². The van der Waals surface area contributed by atoms with Crippen LogP contribution in [0.4, 0.5) is 5.00 Å². The van der Waals surface area contributed by atoms with Crippen molar-refractivity contribution in [3.05, 3.63) is 34.0 Å². The summed E-state index contributed by atoms with van der Waals surface area (Å²) in [5.74, 6) is -0.999. The second-order valence-corrected chi connectivity index (χ2v) is 6.52. The van der Waals surface area contributed by atoms with Crippen LogP contribution in [0.5, 0.6) is 0 Å². The van der Waals surface area contributed by atoms with Gasteiger partial charge in [-0.25, -0.2) is 9.59 Å². The number of rotatable bonds is 7. The van der Waals surface area contributed by atoms with Gasteiger partial charge in [0.15, 0.2) is 5.11 Å². The van der Waals surface area contributed by atoms with Gasteiger partial charge in [0, 0.05) is 6.20 Å². The Morgan fingerprint density at radius 3 is 2.58 bits per heavy atom. The number of ether oxygens (including phenoxy) is 2. The third-order valence-corrected chi connectivity index (χ3v) is 4.75. The van der Waals surface area contributed by atoms with Crippen LogP contribution in [0.1, 0.15) is 45.1 Å². The van der Waals surface area contributed by atoms with E-state index in [9.17, 15) is 9.59 Å². The van der Waals surface area contributed by atoms with Crippen molar-refractivity contribution in [2.75, 3.05) is 18.5 Å². The molecule has 0 radical (unpaired) electrons. The number of carbonyl (C=O) groups excluding carboxylic acids is 2. The predicted molar refractivity (Wildman–Crippen MR) is 103 cm³/mol. The van der Waals surface area contributed by atoms with Gasteiger partial charge in [-0.2, -0.15) is 5.10 Å². The summed E-state index contributed by atoms with van der Waals surface area (Å²) >= 11 is 6.38.